The Hall–Kier alpha value is -1.66. The predicted molar refractivity (Wildman–Crippen MR) is 99.6 cm³/mol. The Kier molecular flexibility index (Phi) is 6.64. The molecular formula is C20H31FN2O3. The summed E-state index contributed by atoms with van der Waals surface area (Å²) in [5, 5.41) is 13.2. The summed E-state index contributed by atoms with van der Waals surface area (Å²) in [5.74, 6) is -0.250. The summed E-state index contributed by atoms with van der Waals surface area (Å²) in [6.45, 7) is 8.97. The van der Waals surface area contributed by atoms with E-state index in [4.69, 9.17) is 4.74 Å². The molecule has 1 amide bonds. The van der Waals surface area contributed by atoms with Crippen molar-refractivity contribution in [1.82, 2.24) is 10.2 Å². The molecule has 1 atom stereocenters. The number of carbonyl (C=O) groups is 1. The van der Waals surface area contributed by atoms with Crippen LogP contribution < -0.4 is 5.32 Å². The number of rotatable bonds is 5. The molecule has 0 aromatic heterocycles. The van der Waals surface area contributed by atoms with Crippen molar-refractivity contribution < 1.29 is 19.0 Å². The lowest BCUT2D eigenvalue weighted by Gasteiger charge is -2.43. The van der Waals surface area contributed by atoms with E-state index in [1.54, 1.807) is 24.0 Å². The van der Waals surface area contributed by atoms with Crippen LogP contribution in [0.1, 0.15) is 46.1 Å². The topological polar surface area (TPSA) is 61.8 Å². The molecule has 1 fully saturated rings. The molecule has 1 aliphatic heterocycles. The maximum atomic E-state index is 13.2. The standard InChI is InChI=1S/C20H31FN2O3/c1-15(24)14-22-20(13-16-5-7-17(21)8-6-16)9-11-23(12-10-20)18(25)26-19(2,3)4/h5-8,15,22,24H,9-14H2,1-4H3. The van der Waals surface area contributed by atoms with Crippen molar-refractivity contribution in [2.24, 2.45) is 0 Å². The van der Waals surface area contributed by atoms with Crippen LogP contribution in [-0.2, 0) is 11.2 Å². The number of benzene rings is 1. The van der Waals surface area contributed by atoms with Gasteiger partial charge in [-0.15, -0.1) is 0 Å². The quantitative estimate of drug-likeness (QED) is 0.841. The predicted octanol–water partition coefficient (Wildman–Crippen LogP) is 3.11. The minimum absolute atomic E-state index is 0.229. The third-order valence-electron chi connectivity index (χ3n) is 4.60. The van der Waals surface area contributed by atoms with Crippen LogP contribution in [0.5, 0.6) is 0 Å². The Bertz CT molecular complexity index is 588. The Balaban J connectivity index is 2.05. The Morgan fingerprint density at radius 2 is 1.88 bits per heavy atom. The normalized spacial score (nSPS) is 18.5. The highest BCUT2D eigenvalue weighted by Crippen LogP contribution is 2.28. The number of nitrogens with zero attached hydrogens (tertiary/aromatic N) is 1. The van der Waals surface area contributed by atoms with Gasteiger partial charge in [0.1, 0.15) is 11.4 Å². The molecule has 0 aliphatic carbocycles. The molecule has 2 rings (SSSR count). The van der Waals surface area contributed by atoms with Crippen molar-refractivity contribution in [3.63, 3.8) is 0 Å². The number of hydrogen-bond acceptors (Lipinski definition) is 4. The van der Waals surface area contributed by atoms with Crippen molar-refractivity contribution in [1.29, 1.82) is 0 Å². The van der Waals surface area contributed by atoms with Gasteiger partial charge in [0.25, 0.3) is 0 Å². The molecule has 1 heterocycles. The maximum Gasteiger partial charge on any atom is 0.410 e. The van der Waals surface area contributed by atoms with Crippen LogP contribution in [-0.4, -0.2) is 53.0 Å². The van der Waals surface area contributed by atoms with Crippen LogP contribution in [0.25, 0.3) is 0 Å². The zero-order valence-corrected chi connectivity index (χ0v) is 16.2. The number of likely N-dealkylation sites (tertiary alicyclic amines) is 1. The van der Waals surface area contributed by atoms with E-state index >= 15 is 0 Å². The molecule has 0 radical (unpaired) electrons. The summed E-state index contributed by atoms with van der Waals surface area (Å²) < 4.78 is 18.6. The Morgan fingerprint density at radius 3 is 2.38 bits per heavy atom. The molecule has 1 aromatic carbocycles. The highest BCUT2D eigenvalue weighted by molar-refractivity contribution is 5.68. The number of hydrogen-bond donors (Lipinski definition) is 2. The number of amides is 1. The average Bonchev–Trinajstić information content (AvgIpc) is 2.54. The van der Waals surface area contributed by atoms with Gasteiger partial charge in [0.05, 0.1) is 6.10 Å². The van der Waals surface area contributed by atoms with Crippen molar-refractivity contribution in [3.8, 4) is 0 Å². The number of piperidine rings is 1. The molecule has 0 spiro atoms. The SMILES string of the molecule is CC(O)CNC1(Cc2ccc(F)cc2)CCN(C(=O)OC(C)(C)C)CC1. The van der Waals surface area contributed by atoms with Crippen LogP contribution in [0.4, 0.5) is 9.18 Å². The van der Waals surface area contributed by atoms with E-state index in [-0.39, 0.29) is 17.4 Å². The minimum atomic E-state index is -0.510. The summed E-state index contributed by atoms with van der Waals surface area (Å²) >= 11 is 0. The fourth-order valence-electron chi connectivity index (χ4n) is 3.22. The molecule has 5 nitrogen and oxygen atoms in total. The molecule has 1 aliphatic rings. The van der Waals surface area contributed by atoms with Gasteiger partial charge in [0.15, 0.2) is 0 Å². The lowest BCUT2D eigenvalue weighted by atomic mass is 9.81. The lowest BCUT2D eigenvalue weighted by molar-refractivity contribution is 0.0138. The third kappa shape index (κ3) is 6.25. The zero-order valence-electron chi connectivity index (χ0n) is 16.2. The van der Waals surface area contributed by atoms with Gasteiger partial charge in [-0.2, -0.15) is 0 Å². The number of carbonyl (C=O) groups excluding carboxylic acids is 1. The number of ether oxygens (including phenoxy) is 1. The summed E-state index contributed by atoms with van der Waals surface area (Å²) in [4.78, 5) is 14.0. The van der Waals surface area contributed by atoms with Crippen LogP contribution in [0.2, 0.25) is 0 Å². The molecule has 0 bridgehead atoms. The molecule has 6 heteroatoms. The fourth-order valence-corrected chi connectivity index (χ4v) is 3.22. The summed E-state index contributed by atoms with van der Waals surface area (Å²) in [6.07, 6.45) is 1.47. The van der Waals surface area contributed by atoms with Gasteiger partial charge in [-0.25, -0.2) is 9.18 Å². The second-order valence-corrected chi connectivity index (χ2v) is 8.28. The van der Waals surface area contributed by atoms with Gasteiger partial charge in [0.2, 0.25) is 0 Å². The second kappa shape index (κ2) is 8.35. The van der Waals surface area contributed by atoms with E-state index < -0.39 is 11.7 Å². The number of β-amino-alcohol motifs (C(OH)–C–C–N with tert-alkyl or cyclic N) is 1. The van der Waals surface area contributed by atoms with E-state index in [9.17, 15) is 14.3 Å². The Labute approximate surface area is 155 Å². The van der Waals surface area contributed by atoms with E-state index in [2.05, 4.69) is 5.32 Å². The van der Waals surface area contributed by atoms with Crippen molar-refractivity contribution >= 4 is 6.09 Å². The van der Waals surface area contributed by atoms with Gasteiger partial charge in [-0.05, 0) is 64.7 Å². The van der Waals surface area contributed by atoms with Gasteiger partial charge in [0, 0.05) is 25.2 Å². The molecule has 26 heavy (non-hydrogen) atoms. The molecule has 1 aromatic rings. The largest absolute Gasteiger partial charge is 0.444 e. The highest BCUT2D eigenvalue weighted by Gasteiger charge is 2.37. The molecule has 1 saturated heterocycles. The van der Waals surface area contributed by atoms with E-state index in [0.29, 0.717) is 19.6 Å². The van der Waals surface area contributed by atoms with Crippen molar-refractivity contribution in [3.05, 3.63) is 35.6 Å². The van der Waals surface area contributed by atoms with Gasteiger partial charge in [-0.3, -0.25) is 0 Å². The van der Waals surface area contributed by atoms with Gasteiger partial charge in [-0.1, -0.05) is 12.1 Å². The van der Waals surface area contributed by atoms with Crippen LogP contribution in [0.15, 0.2) is 24.3 Å². The van der Waals surface area contributed by atoms with Crippen LogP contribution >= 0.6 is 0 Å². The molecule has 146 valence electrons. The van der Waals surface area contributed by atoms with E-state index in [1.165, 1.54) is 12.1 Å². The third-order valence-corrected chi connectivity index (χ3v) is 4.60. The number of nitrogens with one attached hydrogen (secondary N) is 1. The summed E-state index contributed by atoms with van der Waals surface area (Å²) in [6, 6.07) is 6.52. The molecule has 2 N–H and O–H groups in total. The molecule has 0 saturated carbocycles. The fraction of sp³-hybridized carbons (Fsp3) is 0.650. The first kappa shape index (κ1) is 20.6. The number of aliphatic hydroxyl groups is 1. The first-order valence-electron chi connectivity index (χ1n) is 9.24. The van der Waals surface area contributed by atoms with Crippen LogP contribution in [0, 0.1) is 5.82 Å². The van der Waals surface area contributed by atoms with Crippen molar-refractivity contribution in [2.45, 2.75) is 64.2 Å². The van der Waals surface area contributed by atoms with Gasteiger partial charge >= 0.3 is 6.09 Å². The van der Waals surface area contributed by atoms with Crippen molar-refractivity contribution in [2.75, 3.05) is 19.6 Å². The smallest absolute Gasteiger partial charge is 0.410 e. The number of halogens is 1. The van der Waals surface area contributed by atoms with Gasteiger partial charge < -0.3 is 20.1 Å². The second-order valence-electron chi connectivity index (χ2n) is 8.28. The lowest BCUT2D eigenvalue weighted by Crippen LogP contribution is -2.57. The van der Waals surface area contributed by atoms with Crippen LogP contribution in [0.3, 0.4) is 0 Å². The first-order valence-corrected chi connectivity index (χ1v) is 9.24. The monoisotopic (exact) mass is 366 g/mol. The average molecular weight is 366 g/mol. The summed E-state index contributed by atoms with van der Waals surface area (Å²) in [5.41, 5.74) is 0.299. The first-order chi connectivity index (χ1) is 12.1. The number of aliphatic hydroxyl groups excluding tert-OH is 1. The van der Waals surface area contributed by atoms with E-state index in [1.807, 2.05) is 20.8 Å². The molecule has 1 unspecified atom stereocenters. The zero-order chi connectivity index (χ0) is 19.4. The maximum absolute atomic E-state index is 13.2. The van der Waals surface area contributed by atoms with E-state index in [0.717, 1.165) is 24.8 Å². The Morgan fingerprint density at radius 1 is 1.31 bits per heavy atom. The minimum Gasteiger partial charge on any atom is -0.444 e. The summed E-state index contributed by atoms with van der Waals surface area (Å²) in [7, 11) is 0. The molecular weight excluding hydrogens is 335 g/mol. The highest BCUT2D eigenvalue weighted by atomic mass is 19.1.